The van der Waals surface area contributed by atoms with Crippen molar-refractivity contribution in [3.63, 3.8) is 0 Å². The van der Waals surface area contributed by atoms with E-state index in [1.807, 2.05) is 0 Å². The average molecular weight is 223 g/mol. The van der Waals surface area contributed by atoms with Gasteiger partial charge in [-0.2, -0.15) is 0 Å². The Morgan fingerprint density at radius 3 is 2.44 bits per heavy atom. The van der Waals surface area contributed by atoms with Gasteiger partial charge in [0, 0.05) is 18.0 Å². The van der Waals surface area contributed by atoms with Crippen molar-refractivity contribution in [1.82, 2.24) is 0 Å². The van der Waals surface area contributed by atoms with E-state index in [0.717, 1.165) is 0 Å². The average Bonchev–Trinajstić information content (AvgIpc) is 2.35. The largest absolute Gasteiger partial charge is 0.493 e. The highest BCUT2D eigenvalue weighted by Crippen LogP contribution is 2.28. The van der Waals surface area contributed by atoms with E-state index in [1.165, 1.54) is 0 Å². The molecule has 88 valence electrons. The first-order valence-electron chi connectivity index (χ1n) is 5.10. The second-order valence-electron chi connectivity index (χ2n) is 3.57. The molecule has 0 aliphatic carbocycles. The van der Waals surface area contributed by atoms with Crippen molar-refractivity contribution in [3.05, 3.63) is 23.8 Å². The highest BCUT2D eigenvalue weighted by Gasteiger charge is 2.15. The summed E-state index contributed by atoms with van der Waals surface area (Å²) >= 11 is 0. The van der Waals surface area contributed by atoms with Crippen molar-refractivity contribution in [2.24, 2.45) is 11.7 Å². The molecule has 1 unspecified atom stereocenters. The Morgan fingerprint density at radius 1 is 1.31 bits per heavy atom. The Kier molecular flexibility index (Phi) is 4.31. The van der Waals surface area contributed by atoms with Crippen molar-refractivity contribution in [1.29, 1.82) is 0 Å². The number of carbonyl (C=O) groups is 1. The zero-order valence-corrected chi connectivity index (χ0v) is 9.82. The van der Waals surface area contributed by atoms with Crippen LogP contribution in [-0.4, -0.2) is 26.5 Å². The maximum atomic E-state index is 11.9. The molecule has 16 heavy (non-hydrogen) atoms. The summed E-state index contributed by atoms with van der Waals surface area (Å²) < 4.78 is 10.2. The molecule has 0 bridgehead atoms. The van der Waals surface area contributed by atoms with Gasteiger partial charge in [0.05, 0.1) is 14.2 Å². The maximum absolute atomic E-state index is 11.9. The van der Waals surface area contributed by atoms with Crippen molar-refractivity contribution in [2.45, 2.75) is 6.92 Å². The summed E-state index contributed by atoms with van der Waals surface area (Å²) in [6.07, 6.45) is 0. The molecular weight excluding hydrogens is 206 g/mol. The zero-order chi connectivity index (χ0) is 12.1. The Morgan fingerprint density at radius 2 is 1.94 bits per heavy atom. The highest BCUT2D eigenvalue weighted by molar-refractivity contribution is 5.98. The molecule has 4 nitrogen and oxygen atoms in total. The molecule has 0 saturated heterocycles. The molecule has 0 spiro atoms. The molecule has 1 atom stereocenters. The van der Waals surface area contributed by atoms with Crippen LogP contribution < -0.4 is 15.2 Å². The maximum Gasteiger partial charge on any atom is 0.167 e. The summed E-state index contributed by atoms with van der Waals surface area (Å²) in [5.41, 5.74) is 6.05. The van der Waals surface area contributed by atoms with Gasteiger partial charge >= 0.3 is 0 Å². The van der Waals surface area contributed by atoms with E-state index in [2.05, 4.69) is 0 Å². The van der Waals surface area contributed by atoms with Gasteiger partial charge in [-0.3, -0.25) is 4.79 Å². The molecule has 0 saturated carbocycles. The summed E-state index contributed by atoms with van der Waals surface area (Å²) in [5.74, 6) is 0.999. The number of nitrogens with two attached hydrogens (primary N) is 1. The van der Waals surface area contributed by atoms with Crippen molar-refractivity contribution >= 4 is 5.78 Å². The van der Waals surface area contributed by atoms with Crippen LogP contribution in [0.1, 0.15) is 17.3 Å². The fourth-order valence-electron chi connectivity index (χ4n) is 1.38. The SMILES string of the molecule is COc1ccc(C(=O)C(C)CN)cc1OC. The Bertz CT molecular complexity index is 377. The predicted molar refractivity (Wildman–Crippen MR) is 62.1 cm³/mol. The van der Waals surface area contributed by atoms with Gasteiger partial charge in [0.1, 0.15) is 0 Å². The van der Waals surface area contributed by atoms with Crippen LogP contribution in [0.15, 0.2) is 18.2 Å². The molecule has 2 N–H and O–H groups in total. The third kappa shape index (κ3) is 2.52. The third-order valence-corrected chi connectivity index (χ3v) is 2.47. The number of benzene rings is 1. The van der Waals surface area contributed by atoms with Gasteiger partial charge in [-0.15, -0.1) is 0 Å². The van der Waals surface area contributed by atoms with E-state index < -0.39 is 0 Å². The number of rotatable bonds is 5. The van der Waals surface area contributed by atoms with Crippen molar-refractivity contribution in [3.8, 4) is 11.5 Å². The fourth-order valence-corrected chi connectivity index (χ4v) is 1.38. The molecule has 0 amide bonds. The number of hydrogen-bond acceptors (Lipinski definition) is 4. The zero-order valence-electron chi connectivity index (χ0n) is 9.82. The van der Waals surface area contributed by atoms with Crippen LogP contribution in [0.4, 0.5) is 0 Å². The predicted octanol–water partition coefficient (Wildman–Crippen LogP) is 1.48. The van der Waals surface area contributed by atoms with Gasteiger partial charge < -0.3 is 15.2 Å². The first-order chi connectivity index (χ1) is 7.63. The summed E-state index contributed by atoms with van der Waals surface area (Å²) in [4.78, 5) is 11.9. The topological polar surface area (TPSA) is 61.5 Å². The van der Waals surface area contributed by atoms with Gasteiger partial charge in [0.25, 0.3) is 0 Å². The molecule has 0 aromatic heterocycles. The quantitative estimate of drug-likeness (QED) is 0.768. The van der Waals surface area contributed by atoms with Crippen LogP contribution in [0, 0.1) is 5.92 Å². The smallest absolute Gasteiger partial charge is 0.167 e. The van der Waals surface area contributed by atoms with Gasteiger partial charge in [-0.25, -0.2) is 0 Å². The second kappa shape index (κ2) is 5.51. The molecule has 0 aliphatic rings. The first kappa shape index (κ1) is 12.5. The summed E-state index contributed by atoms with van der Waals surface area (Å²) in [6, 6.07) is 5.11. The van der Waals surface area contributed by atoms with Crippen LogP contribution in [0.5, 0.6) is 11.5 Å². The minimum Gasteiger partial charge on any atom is -0.493 e. The molecule has 0 heterocycles. The van der Waals surface area contributed by atoms with E-state index in [0.29, 0.717) is 23.6 Å². The van der Waals surface area contributed by atoms with Crippen LogP contribution >= 0.6 is 0 Å². The lowest BCUT2D eigenvalue weighted by molar-refractivity contribution is 0.0934. The lowest BCUT2D eigenvalue weighted by Gasteiger charge is -2.11. The van der Waals surface area contributed by atoms with Gasteiger partial charge in [0.15, 0.2) is 17.3 Å². The number of ether oxygens (including phenoxy) is 2. The fraction of sp³-hybridized carbons (Fsp3) is 0.417. The van der Waals surface area contributed by atoms with Crippen molar-refractivity contribution in [2.75, 3.05) is 20.8 Å². The number of hydrogen-bond donors (Lipinski definition) is 1. The molecule has 0 radical (unpaired) electrons. The summed E-state index contributed by atoms with van der Waals surface area (Å²) in [6.45, 7) is 2.15. The highest BCUT2D eigenvalue weighted by atomic mass is 16.5. The number of carbonyl (C=O) groups excluding carboxylic acids is 1. The lowest BCUT2D eigenvalue weighted by atomic mass is 9.99. The van der Waals surface area contributed by atoms with Crippen LogP contribution in [0.3, 0.4) is 0 Å². The van der Waals surface area contributed by atoms with Gasteiger partial charge in [-0.05, 0) is 18.2 Å². The number of ketones is 1. The molecular formula is C12H17NO3. The standard InChI is InChI=1S/C12H17NO3/c1-8(7-13)12(14)9-4-5-10(15-2)11(6-9)16-3/h4-6,8H,7,13H2,1-3H3. The minimum atomic E-state index is -0.182. The van der Waals surface area contributed by atoms with Crippen LogP contribution in [-0.2, 0) is 0 Å². The van der Waals surface area contributed by atoms with E-state index in [-0.39, 0.29) is 11.7 Å². The molecule has 1 rings (SSSR count). The van der Waals surface area contributed by atoms with Crippen LogP contribution in [0.2, 0.25) is 0 Å². The Hall–Kier alpha value is -1.55. The molecule has 0 aliphatic heterocycles. The molecule has 4 heteroatoms. The van der Waals surface area contributed by atoms with Gasteiger partial charge in [0.2, 0.25) is 0 Å². The van der Waals surface area contributed by atoms with Crippen LogP contribution in [0.25, 0.3) is 0 Å². The van der Waals surface area contributed by atoms with Crippen molar-refractivity contribution < 1.29 is 14.3 Å². The monoisotopic (exact) mass is 223 g/mol. The van der Waals surface area contributed by atoms with Gasteiger partial charge in [-0.1, -0.05) is 6.92 Å². The van der Waals surface area contributed by atoms with E-state index in [1.54, 1.807) is 39.3 Å². The number of methoxy groups -OCH3 is 2. The summed E-state index contributed by atoms with van der Waals surface area (Å²) in [7, 11) is 3.10. The first-order valence-corrected chi connectivity index (χ1v) is 5.10. The minimum absolute atomic E-state index is 0.0171. The summed E-state index contributed by atoms with van der Waals surface area (Å²) in [5, 5.41) is 0. The normalized spacial score (nSPS) is 12.0. The van der Waals surface area contributed by atoms with E-state index >= 15 is 0 Å². The van der Waals surface area contributed by atoms with E-state index in [9.17, 15) is 4.79 Å². The molecule has 1 aromatic rings. The molecule has 1 aromatic carbocycles. The molecule has 0 fully saturated rings. The lowest BCUT2D eigenvalue weighted by Crippen LogP contribution is -2.20. The Labute approximate surface area is 95.3 Å². The second-order valence-corrected chi connectivity index (χ2v) is 3.57. The number of Topliss-reactive ketones (excluding diaryl/α,β-unsaturated/α-hetero) is 1. The Balaban J connectivity index is 3.03. The third-order valence-electron chi connectivity index (χ3n) is 2.47. The van der Waals surface area contributed by atoms with E-state index in [4.69, 9.17) is 15.2 Å².